The zero-order valence-corrected chi connectivity index (χ0v) is 29.1. The van der Waals surface area contributed by atoms with Gasteiger partial charge in [0.05, 0.1) is 27.7 Å². The van der Waals surface area contributed by atoms with Crippen molar-refractivity contribution in [2.45, 2.75) is 62.0 Å². The number of nitrogens with zero attached hydrogens (tertiary/aromatic N) is 2. The van der Waals surface area contributed by atoms with Gasteiger partial charge in [-0.25, -0.2) is 8.42 Å². The molecule has 0 spiro atoms. The van der Waals surface area contributed by atoms with Crippen LogP contribution in [-0.4, -0.2) is 50.9 Å². The highest BCUT2D eigenvalue weighted by atomic mass is 35.5. The van der Waals surface area contributed by atoms with Gasteiger partial charge < -0.3 is 15.0 Å². The Morgan fingerprint density at radius 1 is 0.833 bits per heavy atom. The highest BCUT2D eigenvalue weighted by Gasteiger charge is 2.35. The van der Waals surface area contributed by atoms with Crippen LogP contribution in [-0.2, 0) is 32.6 Å². The minimum Gasteiger partial charge on any atom is -0.497 e. The molecule has 11 heteroatoms. The number of anilines is 1. The first-order valence-corrected chi connectivity index (χ1v) is 18.1. The minimum absolute atomic E-state index is 0.000838. The maximum atomic E-state index is 14.7. The summed E-state index contributed by atoms with van der Waals surface area (Å²) in [6, 6.07) is 28.1. The van der Waals surface area contributed by atoms with Crippen molar-refractivity contribution in [1.29, 1.82) is 0 Å². The Labute approximate surface area is 292 Å². The topological polar surface area (TPSA) is 96.0 Å². The molecule has 8 nitrogen and oxygen atoms in total. The third-order valence-corrected chi connectivity index (χ3v) is 11.0. The Morgan fingerprint density at radius 2 is 1.50 bits per heavy atom. The maximum absolute atomic E-state index is 14.7. The van der Waals surface area contributed by atoms with E-state index in [2.05, 4.69) is 5.32 Å². The van der Waals surface area contributed by atoms with E-state index in [0.717, 1.165) is 47.5 Å². The van der Waals surface area contributed by atoms with Crippen molar-refractivity contribution < 1.29 is 22.7 Å². The van der Waals surface area contributed by atoms with E-state index in [4.69, 9.17) is 27.9 Å². The highest BCUT2D eigenvalue weighted by molar-refractivity contribution is 7.92. The third kappa shape index (κ3) is 8.89. The van der Waals surface area contributed by atoms with Gasteiger partial charge >= 0.3 is 0 Å². The number of halogens is 2. The minimum atomic E-state index is -4.26. The van der Waals surface area contributed by atoms with E-state index in [1.807, 2.05) is 42.5 Å². The summed E-state index contributed by atoms with van der Waals surface area (Å²) in [5, 5.41) is 3.59. The molecular weight excluding hydrogens is 669 g/mol. The molecule has 0 bridgehead atoms. The number of ether oxygens (including phenoxy) is 1. The number of rotatable bonds is 13. The molecule has 1 aliphatic rings. The molecule has 0 aliphatic heterocycles. The normalized spacial score (nSPS) is 14.1. The molecule has 48 heavy (non-hydrogen) atoms. The Morgan fingerprint density at radius 3 is 2.17 bits per heavy atom. The SMILES string of the molecule is COc1cccc(CN(C(=O)CN(c2ccc(Cl)c(Cl)c2)S(=O)(=O)c2ccccc2)[C@H](Cc2ccccc2)C(=O)NC2CCCCC2)c1. The first-order chi connectivity index (χ1) is 23.2. The lowest BCUT2D eigenvalue weighted by Gasteiger charge is -2.35. The van der Waals surface area contributed by atoms with Gasteiger partial charge in [-0.05, 0) is 66.4 Å². The summed E-state index contributed by atoms with van der Waals surface area (Å²) in [6.45, 7) is -0.562. The second-order valence-electron chi connectivity index (χ2n) is 11.8. The largest absolute Gasteiger partial charge is 0.497 e. The lowest BCUT2D eigenvalue weighted by Crippen LogP contribution is -2.55. The van der Waals surface area contributed by atoms with Gasteiger partial charge in [0.15, 0.2) is 0 Å². The molecule has 1 fully saturated rings. The van der Waals surface area contributed by atoms with Crippen LogP contribution in [0.4, 0.5) is 5.69 Å². The molecule has 1 saturated carbocycles. The summed E-state index contributed by atoms with van der Waals surface area (Å²) in [7, 11) is -2.70. The summed E-state index contributed by atoms with van der Waals surface area (Å²) in [4.78, 5) is 30.4. The molecule has 2 amide bonds. The van der Waals surface area contributed by atoms with Gasteiger partial charge in [-0.3, -0.25) is 13.9 Å². The van der Waals surface area contributed by atoms with Crippen LogP contribution < -0.4 is 14.4 Å². The average molecular weight is 709 g/mol. The molecule has 252 valence electrons. The fourth-order valence-electron chi connectivity index (χ4n) is 5.95. The predicted octanol–water partition coefficient (Wildman–Crippen LogP) is 7.29. The number of methoxy groups -OCH3 is 1. The number of carbonyl (C=O) groups excluding carboxylic acids is 2. The van der Waals surface area contributed by atoms with E-state index in [9.17, 15) is 18.0 Å². The highest BCUT2D eigenvalue weighted by Crippen LogP contribution is 2.31. The first-order valence-electron chi connectivity index (χ1n) is 16.0. The average Bonchev–Trinajstić information content (AvgIpc) is 3.11. The molecule has 4 aromatic carbocycles. The van der Waals surface area contributed by atoms with Crippen LogP contribution in [0.25, 0.3) is 0 Å². The number of sulfonamides is 1. The van der Waals surface area contributed by atoms with Gasteiger partial charge in [-0.2, -0.15) is 0 Å². The van der Waals surface area contributed by atoms with E-state index in [1.165, 1.54) is 35.2 Å². The number of hydrogen-bond acceptors (Lipinski definition) is 5. The summed E-state index contributed by atoms with van der Waals surface area (Å²) < 4.78 is 34.8. The molecule has 1 aliphatic carbocycles. The van der Waals surface area contributed by atoms with Crippen LogP contribution in [0.3, 0.4) is 0 Å². The quantitative estimate of drug-likeness (QED) is 0.158. The lowest BCUT2D eigenvalue weighted by molar-refractivity contribution is -0.140. The van der Waals surface area contributed by atoms with Crippen LogP contribution in [0.2, 0.25) is 10.0 Å². The van der Waals surface area contributed by atoms with E-state index in [1.54, 1.807) is 37.4 Å². The van der Waals surface area contributed by atoms with E-state index in [-0.39, 0.29) is 45.5 Å². The molecule has 0 unspecified atom stereocenters. The van der Waals surface area contributed by atoms with Crippen molar-refractivity contribution in [1.82, 2.24) is 10.2 Å². The Bertz CT molecular complexity index is 1800. The summed E-state index contributed by atoms with van der Waals surface area (Å²) in [6.07, 6.45) is 5.14. The van der Waals surface area contributed by atoms with Crippen molar-refractivity contribution in [3.8, 4) is 5.75 Å². The Balaban J connectivity index is 1.58. The van der Waals surface area contributed by atoms with Crippen molar-refractivity contribution in [2.24, 2.45) is 0 Å². The van der Waals surface area contributed by atoms with Crippen LogP contribution in [0.15, 0.2) is 108 Å². The van der Waals surface area contributed by atoms with Gasteiger partial charge in [-0.1, -0.05) is 103 Å². The Hall–Kier alpha value is -4.05. The van der Waals surface area contributed by atoms with Gasteiger partial charge in [0, 0.05) is 19.0 Å². The lowest BCUT2D eigenvalue weighted by atomic mass is 9.94. The van der Waals surface area contributed by atoms with E-state index in [0.29, 0.717) is 5.75 Å². The van der Waals surface area contributed by atoms with Gasteiger partial charge in [0.2, 0.25) is 11.8 Å². The smallest absolute Gasteiger partial charge is 0.264 e. The molecule has 0 aromatic heterocycles. The number of carbonyl (C=O) groups is 2. The maximum Gasteiger partial charge on any atom is 0.264 e. The van der Waals surface area contributed by atoms with Gasteiger partial charge in [0.25, 0.3) is 10.0 Å². The van der Waals surface area contributed by atoms with Crippen molar-refractivity contribution in [3.05, 3.63) is 124 Å². The first kappa shape index (κ1) is 35.3. The molecule has 4 aromatic rings. The predicted molar refractivity (Wildman–Crippen MR) is 190 cm³/mol. The zero-order chi connectivity index (χ0) is 34.1. The van der Waals surface area contributed by atoms with Crippen LogP contribution in [0.5, 0.6) is 5.75 Å². The summed E-state index contributed by atoms with van der Waals surface area (Å²) in [5.74, 6) is -0.257. The van der Waals surface area contributed by atoms with Gasteiger partial charge in [0.1, 0.15) is 18.3 Å². The second-order valence-corrected chi connectivity index (χ2v) is 14.5. The summed E-state index contributed by atoms with van der Waals surface area (Å²) in [5.41, 5.74) is 1.75. The van der Waals surface area contributed by atoms with Gasteiger partial charge in [-0.15, -0.1) is 0 Å². The summed E-state index contributed by atoms with van der Waals surface area (Å²) >= 11 is 12.5. The standard InChI is InChI=1S/C37H39Cl2N3O5S/c1-47-31-17-11-14-28(22-31)25-41(35(23-27-12-5-2-6-13-27)37(44)40-29-15-7-3-8-16-29)36(43)26-42(30-20-21-33(38)34(39)24-30)48(45,46)32-18-9-4-10-19-32/h2,4-6,9-14,17-22,24,29,35H,3,7-8,15-16,23,25-26H2,1H3,(H,40,44)/t35-/m1/s1. The fourth-order valence-corrected chi connectivity index (χ4v) is 7.67. The third-order valence-electron chi connectivity index (χ3n) is 8.51. The number of hydrogen-bond donors (Lipinski definition) is 1. The Kier molecular flexibility index (Phi) is 12.0. The molecule has 1 atom stereocenters. The van der Waals surface area contributed by atoms with Crippen molar-refractivity contribution in [3.63, 3.8) is 0 Å². The molecule has 0 heterocycles. The number of amides is 2. The van der Waals surface area contributed by atoms with Crippen LogP contribution >= 0.6 is 23.2 Å². The van der Waals surface area contributed by atoms with Crippen molar-refractivity contribution >= 4 is 50.7 Å². The van der Waals surface area contributed by atoms with E-state index >= 15 is 0 Å². The van der Waals surface area contributed by atoms with Crippen molar-refractivity contribution in [2.75, 3.05) is 18.0 Å². The molecular formula is C37H39Cl2N3O5S. The number of nitrogens with one attached hydrogen (secondary N) is 1. The molecule has 0 radical (unpaired) electrons. The monoisotopic (exact) mass is 707 g/mol. The van der Waals surface area contributed by atoms with Crippen LogP contribution in [0.1, 0.15) is 43.2 Å². The zero-order valence-electron chi connectivity index (χ0n) is 26.7. The molecule has 5 rings (SSSR count). The van der Waals surface area contributed by atoms with E-state index < -0.39 is 28.5 Å². The molecule has 1 N–H and O–H groups in total. The fraction of sp³-hybridized carbons (Fsp3) is 0.297. The number of benzene rings is 4. The van der Waals surface area contributed by atoms with Crippen LogP contribution in [0, 0.1) is 0 Å². The second kappa shape index (κ2) is 16.4. The molecule has 0 saturated heterocycles.